The predicted octanol–water partition coefficient (Wildman–Crippen LogP) is 2.95. The number of hydrogen-bond donors (Lipinski definition) is 0. The van der Waals surface area contributed by atoms with Crippen LogP contribution in [-0.4, -0.2) is 24.6 Å². The number of carbonyl (C=O) groups excluding carboxylic acids is 3. The second kappa shape index (κ2) is 7.18. The highest BCUT2D eigenvalue weighted by molar-refractivity contribution is 6.31. The van der Waals surface area contributed by atoms with Gasteiger partial charge in [0.1, 0.15) is 11.6 Å². The molecule has 1 aromatic rings. The maximum atomic E-state index is 11.9. The molecule has 0 radical (unpaired) electrons. The van der Waals surface area contributed by atoms with Crippen molar-refractivity contribution < 1.29 is 19.1 Å². The minimum Gasteiger partial charge on any atom is -0.466 e. The van der Waals surface area contributed by atoms with E-state index in [4.69, 9.17) is 11.6 Å². The Morgan fingerprint density at radius 3 is 2.10 bits per heavy atom. The SMILES string of the molecule is C=C(C(=O)OC)C(c1ccccc1Cl)C(C(C)=O)C(C)=O. The van der Waals surface area contributed by atoms with Gasteiger partial charge in [-0.05, 0) is 25.5 Å². The van der Waals surface area contributed by atoms with E-state index in [9.17, 15) is 14.4 Å². The highest BCUT2D eigenvalue weighted by Crippen LogP contribution is 2.37. The van der Waals surface area contributed by atoms with Crippen molar-refractivity contribution >= 4 is 29.1 Å². The van der Waals surface area contributed by atoms with Gasteiger partial charge in [-0.1, -0.05) is 36.4 Å². The molecule has 0 aliphatic rings. The number of methoxy groups -OCH3 is 1. The third-order valence-corrected chi connectivity index (χ3v) is 3.62. The normalized spacial score (nSPS) is 11.9. The Morgan fingerprint density at radius 1 is 1.14 bits per heavy atom. The summed E-state index contributed by atoms with van der Waals surface area (Å²) in [5, 5.41) is 0.361. The van der Waals surface area contributed by atoms with Gasteiger partial charge in [-0.25, -0.2) is 4.79 Å². The summed E-state index contributed by atoms with van der Waals surface area (Å²) in [6.07, 6.45) is 0. The molecule has 112 valence electrons. The van der Waals surface area contributed by atoms with Gasteiger partial charge in [0.05, 0.1) is 13.0 Å². The number of benzene rings is 1. The second-order valence-corrected chi connectivity index (χ2v) is 5.12. The molecule has 21 heavy (non-hydrogen) atoms. The Hall–Kier alpha value is -1.94. The van der Waals surface area contributed by atoms with Gasteiger partial charge >= 0.3 is 5.97 Å². The van der Waals surface area contributed by atoms with Gasteiger partial charge in [0.2, 0.25) is 0 Å². The first-order chi connectivity index (χ1) is 9.81. The van der Waals surface area contributed by atoms with E-state index in [1.165, 1.54) is 21.0 Å². The maximum absolute atomic E-state index is 11.9. The fourth-order valence-corrected chi connectivity index (χ4v) is 2.56. The number of ketones is 2. The standard InChI is InChI=1S/C16H17ClO4/c1-9(16(20)21-4)14(15(10(2)18)11(3)19)12-7-5-6-8-13(12)17/h5-8,14-15H,1H2,2-4H3. The first kappa shape index (κ1) is 17.1. The Morgan fingerprint density at radius 2 is 1.67 bits per heavy atom. The summed E-state index contributed by atoms with van der Waals surface area (Å²) < 4.78 is 4.66. The van der Waals surface area contributed by atoms with Gasteiger partial charge < -0.3 is 4.74 Å². The van der Waals surface area contributed by atoms with Crippen molar-refractivity contribution in [3.05, 3.63) is 47.0 Å². The fourth-order valence-electron chi connectivity index (χ4n) is 2.31. The molecule has 5 heteroatoms. The van der Waals surface area contributed by atoms with Crippen molar-refractivity contribution in [3.63, 3.8) is 0 Å². The zero-order valence-corrected chi connectivity index (χ0v) is 12.9. The van der Waals surface area contributed by atoms with Crippen LogP contribution in [0.2, 0.25) is 5.02 Å². The second-order valence-electron chi connectivity index (χ2n) is 4.71. The summed E-state index contributed by atoms with van der Waals surface area (Å²) in [5.41, 5.74) is 0.533. The molecular weight excluding hydrogens is 292 g/mol. The molecule has 0 fully saturated rings. The molecule has 0 aromatic heterocycles. The van der Waals surface area contributed by atoms with Gasteiger partial charge in [-0.15, -0.1) is 0 Å². The Bertz CT molecular complexity index is 578. The van der Waals surface area contributed by atoms with Gasteiger partial charge in [-0.3, -0.25) is 9.59 Å². The van der Waals surface area contributed by atoms with Crippen LogP contribution < -0.4 is 0 Å². The molecular formula is C16H17ClO4. The van der Waals surface area contributed by atoms with Crippen LogP contribution in [0.1, 0.15) is 25.3 Å². The number of Topliss-reactive ketones (excluding diaryl/α,β-unsaturated/α-hetero) is 2. The van der Waals surface area contributed by atoms with E-state index in [0.29, 0.717) is 10.6 Å². The molecule has 0 bridgehead atoms. The van der Waals surface area contributed by atoms with Crippen molar-refractivity contribution in [1.82, 2.24) is 0 Å². The molecule has 0 N–H and O–H groups in total. The van der Waals surface area contributed by atoms with Crippen molar-refractivity contribution in [2.24, 2.45) is 5.92 Å². The van der Waals surface area contributed by atoms with E-state index in [1.807, 2.05) is 0 Å². The Balaban J connectivity index is 3.46. The Kier molecular flexibility index (Phi) is 5.85. The minimum atomic E-state index is -1.02. The molecule has 0 heterocycles. The summed E-state index contributed by atoms with van der Waals surface area (Å²) in [5.74, 6) is -3.22. The van der Waals surface area contributed by atoms with E-state index < -0.39 is 17.8 Å². The van der Waals surface area contributed by atoms with Crippen LogP contribution in [0.5, 0.6) is 0 Å². The van der Waals surface area contributed by atoms with E-state index in [2.05, 4.69) is 11.3 Å². The highest BCUT2D eigenvalue weighted by atomic mass is 35.5. The van der Waals surface area contributed by atoms with Crippen LogP contribution in [-0.2, 0) is 19.1 Å². The van der Waals surface area contributed by atoms with Crippen molar-refractivity contribution in [2.45, 2.75) is 19.8 Å². The van der Waals surface area contributed by atoms with Gasteiger partial charge in [0.25, 0.3) is 0 Å². The lowest BCUT2D eigenvalue weighted by molar-refractivity contribution is -0.136. The molecule has 0 aliphatic carbocycles. The third kappa shape index (κ3) is 3.79. The smallest absolute Gasteiger partial charge is 0.333 e. The number of carbonyl (C=O) groups is 3. The lowest BCUT2D eigenvalue weighted by atomic mass is 9.77. The van der Waals surface area contributed by atoms with E-state index in [1.54, 1.807) is 24.3 Å². The topological polar surface area (TPSA) is 60.4 Å². The molecule has 0 amide bonds. The third-order valence-electron chi connectivity index (χ3n) is 3.27. The number of esters is 1. The molecule has 0 spiro atoms. The van der Waals surface area contributed by atoms with Crippen LogP contribution >= 0.6 is 11.6 Å². The zero-order chi connectivity index (χ0) is 16.2. The lowest BCUT2D eigenvalue weighted by Crippen LogP contribution is -2.30. The molecule has 1 unspecified atom stereocenters. The van der Waals surface area contributed by atoms with Crippen LogP contribution in [0.25, 0.3) is 0 Å². The first-order valence-corrected chi connectivity index (χ1v) is 6.71. The van der Waals surface area contributed by atoms with Crippen molar-refractivity contribution in [3.8, 4) is 0 Å². The van der Waals surface area contributed by atoms with E-state index >= 15 is 0 Å². The molecule has 0 aliphatic heterocycles. The summed E-state index contributed by atoms with van der Waals surface area (Å²) in [6.45, 7) is 6.30. The van der Waals surface area contributed by atoms with Gasteiger partial charge in [0, 0.05) is 16.5 Å². The first-order valence-electron chi connectivity index (χ1n) is 6.33. The van der Waals surface area contributed by atoms with Crippen molar-refractivity contribution in [1.29, 1.82) is 0 Å². The van der Waals surface area contributed by atoms with Crippen molar-refractivity contribution in [2.75, 3.05) is 7.11 Å². The zero-order valence-electron chi connectivity index (χ0n) is 12.2. The molecule has 0 saturated heterocycles. The maximum Gasteiger partial charge on any atom is 0.333 e. The van der Waals surface area contributed by atoms with Crippen LogP contribution in [0.4, 0.5) is 0 Å². The molecule has 1 atom stereocenters. The largest absolute Gasteiger partial charge is 0.466 e. The quantitative estimate of drug-likeness (QED) is 0.460. The molecule has 0 saturated carbocycles. The number of rotatable bonds is 6. The van der Waals surface area contributed by atoms with Crippen LogP contribution in [0.15, 0.2) is 36.4 Å². The monoisotopic (exact) mass is 308 g/mol. The average molecular weight is 309 g/mol. The predicted molar refractivity (Wildman–Crippen MR) is 80.2 cm³/mol. The molecule has 1 aromatic carbocycles. The van der Waals surface area contributed by atoms with E-state index in [-0.39, 0.29) is 17.1 Å². The summed E-state index contributed by atoms with van der Waals surface area (Å²) in [6, 6.07) is 6.74. The molecule has 4 nitrogen and oxygen atoms in total. The summed E-state index contributed by atoms with van der Waals surface area (Å²) >= 11 is 6.15. The number of hydrogen-bond acceptors (Lipinski definition) is 4. The highest BCUT2D eigenvalue weighted by Gasteiger charge is 2.36. The fraction of sp³-hybridized carbons (Fsp3) is 0.312. The lowest BCUT2D eigenvalue weighted by Gasteiger charge is -2.25. The minimum absolute atomic E-state index is 0.0287. The summed E-state index contributed by atoms with van der Waals surface area (Å²) in [7, 11) is 1.22. The number of ether oxygens (including phenoxy) is 1. The Labute approximate surface area is 128 Å². The van der Waals surface area contributed by atoms with Gasteiger partial charge in [-0.2, -0.15) is 0 Å². The van der Waals surface area contributed by atoms with Crippen LogP contribution in [0.3, 0.4) is 0 Å². The number of halogens is 1. The van der Waals surface area contributed by atoms with Crippen LogP contribution in [0, 0.1) is 5.92 Å². The van der Waals surface area contributed by atoms with E-state index in [0.717, 1.165) is 0 Å². The summed E-state index contributed by atoms with van der Waals surface area (Å²) in [4.78, 5) is 35.5. The molecule has 1 rings (SSSR count). The average Bonchev–Trinajstić information content (AvgIpc) is 2.43. The van der Waals surface area contributed by atoms with Gasteiger partial charge in [0.15, 0.2) is 0 Å².